The molecule has 2 N–H and O–H groups in total. The van der Waals surface area contributed by atoms with Crippen LogP contribution in [0.1, 0.15) is 55.9 Å². The highest BCUT2D eigenvalue weighted by atomic mass is 32.2. The molecular formula is C31H38N2O4S2. The van der Waals surface area contributed by atoms with Crippen molar-refractivity contribution in [1.82, 2.24) is 9.44 Å². The molecule has 1 fully saturated rings. The van der Waals surface area contributed by atoms with Crippen LogP contribution in [0.2, 0.25) is 0 Å². The molecule has 0 aromatic heterocycles. The van der Waals surface area contributed by atoms with Gasteiger partial charge in [-0.1, -0.05) is 48.5 Å². The molecule has 208 valence electrons. The quantitative estimate of drug-likeness (QED) is 0.390. The number of fused-ring (bicyclic) bond motifs is 3. The van der Waals surface area contributed by atoms with E-state index >= 15 is 0 Å². The molecule has 6 nitrogen and oxygen atoms in total. The van der Waals surface area contributed by atoms with Crippen molar-refractivity contribution >= 4 is 21.0 Å². The molecule has 0 saturated heterocycles. The van der Waals surface area contributed by atoms with Gasteiger partial charge in [-0.05, 0) is 112 Å². The number of nitrogens with one attached hydrogen (secondary N) is 2. The average molecular weight is 567 g/mol. The second kappa shape index (κ2) is 10.8. The zero-order valence-corrected chi connectivity index (χ0v) is 24.7. The molecule has 2 bridgehead atoms. The van der Waals surface area contributed by atoms with E-state index in [1.807, 2.05) is 51.1 Å². The lowest BCUT2D eigenvalue weighted by Gasteiger charge is -2.42. The van der Waals surface area contributed by atoms with Gasteiger partial charge in [-0.2, -0.15) is 0 Å². The van der Waals surface area contributed by atoms with Gasteiger partial charge in [-0.3, -0.25) is 0 Å². The Hall–Kier alpha value is -2.52. The van der Waals surface area contributed by atoms with Crippen molar-refractivity contribution in [2.75, 3.05) is 7.05 Å². The van der Waals surface area contributed by atoms with Gasteiger partial charge in [0.1, 0.15) is 12.4 Å². The molecule has 2 aliphatic rings. The Morgan fingerprint density at radius 3 is 2.28 bits per heavy atom. The van der Waals surface area contributed by atoms with Crippen LogP contribution in [0, 0.1) is 11.8 Å². The van der Waals surface area contributed by atoms with Crippen molar-refractivity contribution < 1.29 is 17.4 Å². The van der Waals surface area contributed by atoms with Crippen molar-refractivity contribution in [2.24, 2.45) is 11.8 Å². The molecule has 0 spiro atoms. The van der Waals surface area contributed by atoms with Crippen molar-refractivity contribution in [2.45, 2.75) is 68.2 Å². The number of rotatable bonds is 8. The summed E-state index contributed by atoms with van der Waals surface area (Å²) in [6.07, 6.45) is 3.57. The fraction of sp³-hybridized carbons (Fsp3) is 0.419. The third-order valence-corrected chi connectivity index (χ3v) is 11.3. The second-order valence-electron chi connectivity index (χ2n) is 11.7. The molecule has 4 atom stereocenters. The standard InChI is InChI=1S/C31H38N2O4S2/c1-30(2,3)38(34)33-31(25-11-8-12-29(20-25)39(35,36)32-4)26-14-15-27(31)18-24-19-28(16-13-23(24)17-26)37-21-22-9-6-5-7-10-22/h5-13,16,19-20,26-27,32-33H,14-15,17-18,21H2,1-4H3/t26-,27+,31+,38?/m0/s1. The van der Waals surface area contributed by atoms with Crippen LogP contribution in [-0.2, 0) is 46.0 Å². The molecule has 2 aliphatic carbocycles. The Morgan fingerprint density at radius 1 is 0.923 bits per heavy atom. The largest absolute Gasteiger partial charge is 0.489 e. The molecule has 39 heavy (non-hydrogen) atoms. The van der Waals surface area contributed by atoms with Gasteiger partial charge in [0.05, 0.1) is 26.2 Å². The maximum absolute atomic E-state index is 13.7. The van der Waals surface area contributed by atoms with Gasteiger partial charge in [0.25, 0.3) is 0 Å². The summed E-state index contributed by atoms with van der Waals surface area (Å²) in [6.45, 7) is 6.41. The summed E-state index contributed by atoms with van der Waals surface area (Å²) in [5, 5.41) is 0. The first kappa shape index (κ1) is 28.0. The summed E-state index contributed by atoms with van der Waals surface area (Å²) in [5.41, 5.74) is 3.91. The minimum Gasteiger partial charge on any atom is -0.489 e. The topological polar surface area (TPSA) is 84.5 Å². The van der Waals surface area contributed by atoms with Crippen LogP contribution in [0.15, 0.2) is 77.7 Å². The predicted octanol–water partition coefficient (Wildman–Crippen LogP) is 5.25. The van der Waals surface area contributed by atoms with Gasteiger partial charge in [-0.15, -0.1) is 0 Å². The van der Waals surface area contributed by atoms with Gasteiger partial charge in [0.2, 0.25) is 10.0 Å². The van der Waals surface area contributed by atoms with E-state index in [1.54, 1.807) is 18.2 Å². The molecule has 1 saturated carbocycles. The first-order valence-electron chi connectivity index (χ1n) is 13.6. The monoisotopic (exact) mass is 566 g/mol. The van der Waals surface area contributed by atoms with E-state index in [0.29, 0.717) is 6.61 Å². The molecule has 3 aromatic rings. The van der Waals surface area contributed by atoms with Crippen LogP contribution in [0.5, 0.6) is 5.75 Å². The van der Waals surface area contributed by atoms with E-state index in [1.165, 1.54) is 18.2 Å². The van der Waals surface area contributed by atoms with E-state index in [9.17, 15) is 12.6 Å². The number of hydrogen-bond acceptors (Lipinski definition) is 4. The minimum absolute atomic E-state index is 0.145. The van der Waals surface area contributed by atoms with E-state index < -0.39 is 31.3 Å². The van der Waals surface area contributed by atoms with Crippen LogP contribution in [0.25, 0.3) is 0 Å². The van der Waals surface area contributed by atoms with Crippen LogP contribution >= 0.6 is 0 Å². The number of benzene rings is 3. The Bertz CT molecular complexity index is 1470. The molecule has 0 amide bonds. The lowest BCUT2D eigenvalue weighted by molar-refractivity contribution is 0.228. The predicted molar refractivity (Wildman–Crippen MR) is 156 cm³/mol. The lowest BCUT2D eigenvalue weighted by Crippen LogP contribution is -2.54. The molecule has 0 radical (unpaired) electrons. The molecule has 1 unspecified atom stereocenters. The summed E-state index contributed by atoms with van der Waals surface area (Å²) in [7, 11) is -3.55. The van der Waals surface area contributed by atoms with Gasteiger partial charge in [0.15, 0.2) is 0 Å². The van der Waals surface area contributed by atoms with Gasteiger partial charge < -0.3 is 4.74 Å². The highest BCUT2D eigenvalue weighted by Crippen LogP contribution is 2.54. The van der Waals surface area contributed by atoms with E-state index in [-0.39, 0.29) is 16.7 Å². The van der Waals surface area contributed by atoms with Gasteiger partial charge in [-0.25, -0.2) is 22.1 Å². The number of ether oxygens (including phenoxy) is 1. The second-order valence-corrected chi connectivity index (χ2v) is 15.5. The first-order valence-corrected chi connectivity index (χ1v) is 16.2. The van der Waals surface area contributed by atoms with Crippen molar-refractivity contribution in [3.05, 3.63) is 95.1 Å². The SMILES string of the molecule is CNS(=O)(=O)c1cccc([C@]2(NS(=O)C(C)(C)C)[C@@H]3CC[C@H]2Cc2ccc(OCc4ccccc4)cc2C3)c1. The normalized spacial score (nSPS) is 23.6. The summed E-state index contributed by atoms with van der Waals surface area (Å²) >= 11 is 0. The molecule has 5 rings (SSSR count). The zero-order valence-electron chi connectivity index (χ0n) is 23.1. The van der Waals surface area contributed by atoms with Crippen LogP contribution in [0.4, 0.5) is 0 Å². The maximum Gasteiger partial charge on any atom is 0.240 e. The summed E-state index contributed by atoms with van der Waals surface area (Å²) in [4.78, 5) is 0.225. The fourth-order valence-electron chi connectivity index (χ4n) is 6.11. The van der Waals surface area contributed by atoms with E-state index in [4.69, 9.17) is 4.74 Å². The van der Waals surface area contributed by atoms with Gasteiger partial charge >= 0.3 is 0 Å². The Kier molecular flexibility index (Phi) is 7.76. The van der Waals surface area contributed by atoms with Crippen molar-refractivity contribution in [1.29, 1.82) is 0 Å². The molecule has 8 heteroatoms. The summed E-state index contributed by atoms with van der Waals surface area (Å²) < 4.78 is 50.9. The Balaban J connectivity index is 1.53. The lowest BCUT2D eigenvalue weighted by atomic mass is 9.74. The summed E-state index contributed by atoms with van der Waals surface area (Å²) in [5.74, 6) is 1.15. The third kappa shape index (κ3) is 5.57. The van der Waals surface area contributed by atoms with E-state index in [2.05, 4.69) is 33.7 Å². The highest BCUT2D eigenvalue weighted by molar-refractivity contribution is 7.89. The van der Waals surface area contributed by atoms with Crippen molar-refractivity contribution in [3.63, 3.8) is 0 Å². The Morgan fingerprint density at radius 2 is 1.62 bits per heavy atom. The fourth-order valence-corrected chi connectivity index (χ4v) is 7.95. The van der Waals surface area contributed by atoms with E-state index in [0.717, 1.165) is 42.6 Å². The first-order chi connectivity index (χ1) is 18.5. The number of sulfonamides is 1. The maximum atomic E-state index is 13.7. The molecule has 0 heterocycles. The zero-order chi connectivity index (χ0) is 27.8. The van der Waals surface area contributed by atoms with Gasteiger partial charge in [0, 0.05) is 0 Å². The Labute approximate surface area is 235 Å². The smallest absolute Gasteiger partial charge is 0.240 e. The number of hydrogen-bond donors (Lipinski definition) is 2. The van der Waals surface area contributed by atoms with Crippen LogP contribution in [-0.4, -0.2) is 24.4 Å². The average Bonchev–Trinajstić information content (AvgIpc) is 3.18. The minimum atomic E-state index is -3.63. The molecule has 0 aliphatic heterocycles. The van der Waals surface area contributed by atoms with Crippen LogP contribution < -0.4 is 14.2 Å². The molecule has 3 aromatic carbocycles. The van der Waals surface area contributed by atoms with Crippen molar-refractivity contribution in [3.8, 4) is 5.75 Å². The third-order valence-electron chi connectivity index (χ3n) is 8.22. The summed E-state index contributed by atoms with van der Waals surface area (Å²) in [6, 6.07) is 23.7. The van der Waals surface area contributed by atoms with Crippen LogP contribution in [0.3, 0.4) is 0 Å². The molecular weight excluding hydrogens is 528 g/mol. The highest BCUT2D eigenvalue weighted by Gasteiger charge is 2.54.